The Bertz CT molecular complexity index is 729. The van der Waals surface area contributed by atoms with Gasteiger partial charge in [-0.2, -0.15) is 5.10 Å². The fraction of sp³-hybridized carbons (Fsp3) is 0.500. The molecule has 1 aliphatic rings. The van der Waals surface area contributed by atoms with Gasteiger partial charge in [-0.1, -0.05) is 0 Å². The summed E-state index contributed by atoms with van der Waals surface area (Å²) in [5, 5.41) is 14.2. The lowest BCUT2D eigenvalue weighted by Crippen LogP contribution is -2.32. The van der Waals surface area contributed by atoms with Crippen molar-refractivity contribution in [3.8, 4) is 11.6 Å². The van der Waals surface area contributed by atoms with Gasteiger partial charge in [0, 0.05) is 42.6 Å². The van der Waals surface area contributed by atoms with E-state index in [-0.39, 0.29) is 35.1 Å². The Morgan fingerprint density at radius 1 is 1.44 bits per heavy atom. The van der Waals surface area contributed by atoms with Crippen molar-refractivity contribution in [2.24, 2.45) is 5.92 Å². The second-order valence-corrected chi connectivity index (χ2v) is 6.50. The quantitative estimate of drug-likeness (QED) is 0.810. The first-order valence-corrected chi connectivity index (χ1v) is 8.49. The summed E-state index contributed by atoms with van der Waals surface area (Å²) in [4.78, 5) is 15.2. The van der Waals surface area contributed by atoms with Gasteiger partial charge in [0.05, 0.1) is 13.2 Å². The largest absolute Gasteiger partial charge is 0.507 e. The SMILES string of the molecule is CC(C)n1nccc1C1COCCC1COc1nccc(O)c1C=O. The smallest absolute Gasteiger partial charge is 0.227 e. The number of aromatic hydroxyl groups is 1. The number of pyridine rings is 1. The standard InChI is InChI=1S/C18H23N3O4/c1-12(2)21-16(3-7-20-21)15-11-24-8-5-13(15)10-25-18-14(9-22)17(23)4-6-19-18/h3-4,6-7,9,12-13,15H,5,8,10-11H2,1-2H3,(H,19,23). The van der Waals surface area contributed by atoms with Crippen LogP contribution in [0, 0.1) is 5.92 Å². The predicted octanol–water partition coefficient (Wildman–Crippen LogP) is 2.58. The van der Waals surface area contributed by atoms with Gasteiger partial charge in [0.2, 0.25) is 5.88 Å². The molecule has 2 aromatic heterocycles. The van der Waals surface area contributed by atoms with E-state index in [2.05, 4.69) is 23.9 Å². The number of nitrogens with zero attached hydrogens (tertiary/aromatic N) is 3. The summed E-state index contributed by atoms with van der Waals surface area (Å²) >= 11 is 0. The maximum absolute atomic E-state index is 11.2. The first kappa shape index (κ1) is 17.4. The molecule has 1 fully saturated rings. The van der Waals surface area contributed by atoms with Gasteiger partial charge < -0.3 is 14.6 Å². The molecule has 0 amide bonds. The second kappa shape index (κ2) is 7.65. The summed E-state index contributed by atoms with van der Waals surface area (Å²) in [6.07, 6.45) is 4.65. The Balaban J connectivity index is 1.77. The first-order valence-electron chi connectivity index (χ1n) is 8.49. The Labute approximate surface area is 146 Å². The molecule has 25 heavy (non-hydrogen) atoms. The molecule has 2 atom stereocenters. The van der Waals surface area contributed by atoms with Crippen LogP contribution in [-0.4, -0.2) is 46.0 Å². The fourth-order valence-corrected chi connectivity index (χ4v) is 3.21. The Hall–Kier alpha value is -2.41. The first-order chi connectivity index (χ1) is 12.1. The number of ether oxygens (including phenoxy) is 2. The summed E-state index contributed by atoms with van der Waals surface area (Å²) in [5.74, 6) is 0.418. The van der Waals surface area contributed by atoms with E-state index in [4.69, 9.17) is 9.47 Å². The van der Waals surface area contributed by atoms with Crippen molar-refractivity contribution in [1.82, 2.24) is 14.8 Å². The van der Waals surface area contributed by atoms with Crippen LogP contribution < -0.4 is 4.74 Å². The lowest BCUT2D eigenvalue weighted by atomic mass is 9.86. The molecular formula is C18H23N3O4. The van der Waals surface area contributed by atoms with Crippen molar-refractivity contribution in [3.63, 3.8) is 0 Å². The van der Waals surface area contributed by atoms with E-state index in [1.807, 2.05) is 16.9 Å². The Morgan fingerprint density at radius 3 is 3.04 bits per heavy atom. The molecule has 3 rings (SSSR count). The van der Waals surface area contributed by atoms with Gasteiger partial charge in [0.25, 0.3) is 0 Å². The second-order valence-electron chi connectivity index (χ2n) is 6.50. The van der Waals surface area contributed by atoms with Crippen molar-refractivity contribution >= 4 is 6.29 Å². The molecular weight excluding hydrogens is 322 g/mol. The van der Waals surface area contributed by atoms with E-state index < -0.39 is 0 Å². The molecule has 1 N–H and O–H groups in total. The molecule has 0 radical (unpaired) electrons. The van der Waals surface area contributed by atoms with Crippen molar-refractivity contribution < 1.29 is 19.4 Å². The average molecular weight is 345 g/mol. The van der Waals surface area contributed by atoms with Crippen molar-refractivity contribution in [2.45, 2.75) is 32.2 Å². The lowest BCUT2D eigenvalue weighted by Gasteiger charge is -2.32. The lowest BCUT2D eigenvalue weighted by molar-refractivity contribution is 0.0265. The molecule has 3 heterocycles. The third kappa shape index (κ3) is 3.66. The van der Waals surface area contributed by atoms with Crippen LogP contribution in [0.5, 0.6) is 11.6 Å². The number of carbonyl (C=O) groups is 1. The van der Waals surface area contributed by atoms with Gasteiger partial charge in [-0.15, -0.1) is 0 Å². The minimum absolute atomic E-state index is 0.0818. The zero-order valence-corrected chi connectivity index (χ0v) is 14.5. The topological polar surface area (TPSA) is 86.5 Å². The number of hydrogen-bond donors (Lipinski definition) is 1. The highest BCUT2D eigenvalue weighted by Crippen LogP contribution is 2.33. The number of rotatable bonds is 6. The number of aldehydes is 1. The van der Waals surface area contributed by atoms with Gasteiger partial charge in [0.15, 0.2) is 6.29 Å². The van der Waals surface area contributed by atoms with Crippen molar-refractivity contribution in [1.29, 1.82) is 0 Å². The zero-order valence-electron chi connectivity index (χ0n) is 14.5. The summed E-state index contributed by atoms with van der Waals surface area (Å²) in [6, 6.07) is 3.66. The van der Waals surface area contributed by atoms with Crippen molar-refractivity contribution in [2.75, 3.05) is 19.8 Å². The molecule has 1 aliphatic heterocycles. The van der Waals surface area contributed by atoms with Gasteiger partial charge in [-0.25, -0.2) is 4.98 Å². The highest BCUT2D eigenvalue weighted by Gasteiger charge is 2.31. The maximum atomic E-state index is 11.2. The molecule has 7 nitrogen and oxygen atoms in total. The van der Waals surface area contributed by atoms with E-state index >= 15 is 0 Å². The minimum atomic E-state index is -0.124. The fourth-order valence-electron chi connectivity index (χ4n) is 3.21. The number of carbonyl (C=O) groups excluding carboxylic acids is 1. The minimum Gasteiger partial charge on any atom is -0.507 e. The van der Waals surface area contributed by atoms with Gasteiger partial charge in [-0.3, -0.25) is 9.48 Å². The summed E-state index contributed by atoms with van der Waals surface area (Å²) in [5.41, 5.74) is 1.21. The van der Waals surface area contributed by atoms with Crippen molar-refractivity contribution in [3.05, 3.63) is 35.8 Å². The molecule has 0 aromatic carbocycles. The maximum Gasteiger partial charge on any atom is 0.227 e. The van der Waals surface area contributed by atoms with Gasteiger partial charge in [0.1, 0.15) is 11.3 Å². The molecule has 0 spiro atoms. The monoisotopic (exact) mass is 345 g/mol. The molecule has 0 bridgehead atoms. The molecule has 0 saturated carbocycles. The molecule has 2 unspecified atom stereocenters. The van der Waals surface area contributed by atoms with Gasteiger partial charge >= 0.3 is 0 Å². The third-order valence-electron chi connectivity index (χ3n) is 4.55. The number of hydrogen-bond acceptors (Lipinski definition) is 6. The summed E-state index contributed by atoms with van der Waals surface area (Å²) in [6.45, 7) is 5.88. The predicted molar refractivity (Wildman–Crippen MR) is 91.1 cm³/mol. The highest BCUT2D eigenvalue weighted by molar-refractivity contribution is 5.82. The van der Waals surface area contributed by atoms with Crippen LogP contribution in [0.25, 0.3) is 0 Å². The van der Waals surface area contributed by atoms with Crippen LogP contribution >= 0.6 is 0 Å². The van der Waals surface area contributed by atoms with Crippen LogP contribution in [0.1, 0.15) is 48.3 Å². The summed E-state index contributed by atoms with van der Waals surface area (Å²) in [7, 11) is 0. The average Bonchev–Trinajstić information content (AvgIpc) is 3.10. The summed E-state index contributed by atoms with van der Waals surface area (Å²) < 4.78 is 13.5. The van der Waals surface area contributed by atoms with E-state index in [1.54, 1.807) is 0 Å². The van der Waals surface area contributed by atoms with Crippen LogP contribution in [0.3, 0.4) is 0 Å². The highest BCUT2D eigenvalue weighted by atomic mass is 16.5. The normalized spacial score (nSPS) is 20.6. The third-order valence-corrected chi connectivity index (χ3v) is 4.55. The molecule has 7 heteroatoms. The van der Waals surface area contributed by atoms with Gasteiger partial charge in [-0.05, 0) is 32.4 Å². The Morgan fingerprint density at radius 2 is 2.28 bits per heavy atom. The molecule has 134 valence electrons. The van der Waals surface area contributed by atoms with Crippen LogP contribution in [-0.2, 0) is 4.74 Å². The molecule has 0 aliphatic carbocycles. The van der Waals surface area contributed by atoms with Crippen LogP contribution in [0.4, 0.5) is 0 Å². The number of aromatic nitrogens is 3. The molecule has 2 aromatic rings. The van der Waals surface area contributed by atoms with E-state index in [9.17, 15) is 9.90 Å². The van der Waals surface area contributed by atoms with E-state index in [1.165, 1.54) is 12.3 Å². The van der Waals surface area contributed by atoms with Crippen LogP contribution in [0.15, 0.2) is 24.5 Å². The van der Waals surface area contributed by atoms with E-state index in [0.29, 0.717) is 26.1 Å². The van der Waals surface area contributed by atoms with E-state index in [0.717, 1.165) is 12.1 Å². The van der Waals surface area contributed by atoms with Crippen LogP contribution in [0.2, 0.25) is 0 Å². The Kier molecular flexibility index (Phi) is 5.33. The molecule has 1 saturated heterocycles. The zero-order chi connectivity index (χ0) is 17.8.